The summed E-state index contributed by atoms with van der Waals surface area (Å²) in [5, 5.41) is 12.5. The Kier molecular flexibility index (Phi) is 4.76. The molecular formula is C18H20FNO3. The fourth-order valence-electron chi connectivity index (χ4n) is 3.04. The van der Waals surface area contributed by atoms with Crippen LogP contribution >= 0.6 is 0 Å². The number of aliphatic hydroxyl groups excluding tert-OH is 1. The van der Waals surface area contributed by atoms with Crippen molar-refractivity contribution in [3.8, 4) is 11.3 Å². The summed E-state index contributed by atoms with van der Waals surface area (Å²) in [6, 6.07) is 9.43. The first kappa shape index (κ1) is 15.7. The highest BCUT2D eigenvalue weighted by Crippen LogP contribution is 2.25. The number of carbonyl (C=O) groups is 1. The normalized spacial score (nSPS) is 21.1. The molecule has 1 aromatic heterocycles. The zero-order valence-corrected chi connectivity index (χ0v) is 12.8. The van der Waals surface area contributed by atoms with Gasteiger partial charge in [0.05, 0.1) is 11.7 Å². The van der Waals surface area contributed by atoms with Crippen molar-refractivity contribution < 1.29 is 18.7 Å². The molecule has 0 radical (unpaired) electrons. The predicted octanol–water partition coefficient (Wildman–Crippen LogP) is 3.37. The van der Waals surface area contributed by atoms with E-state index in [0.717, 1.165) is 25.7 Å². The number of halogens is 1. The summed E-state index contributed by atoms with van der Waals surface area (Å²) in [4.78, 5) is 12.1. The Morgan fingerprint density at radius 3 is 2.87 bits per heavy atom. The molecule has 1 aliphatic carbocycles. The molecule has 122 valence electrons. The van der Waals surface area contributed by atoms with E-state index < -0.39 is 0 Å². The fraction of sp³-hybridized carbons (Fsp3) is 0.389. The van der Waals surface area contributed by atoms with Gasteiger partial charge >= 0.3 is 0 Å². The van der Waals surface area contributed by atoms with Gasteiger partial charge in [-0.25, -0.2) is 4.39 Å². The minimum Gasteiger partial charge on any atom is -0.451 e. The average Bonchev–Trinajstić information content (AvgIpc) is 3.03. The van der Waals surface area contributed by atoms with Crippen LogP contribution in [0.15, 0.2) is 40.8 Å². The summed E-state index contributed by atoms with van der Waals surface area (Å²) in [7, 11) is 0. The maximum absolute atomic E-state index is 13.7. The second-order valence-electron chi connectivity index (χ2n) is 6.04. The molecule has 1 saturated carbocycles. The van der Waals surface area contributed by atoms with Gasteiger partial charge < -0.3 is 14.8 Å². The van der Waals surface area contributed by atoms with Crippen LogP contribution < -0.4 is 5.32 Å². The maximum Gasteiger partial charge on any atom is 0.287 e. The minimum absolute atomic E-state index is 0.166. The van der Waals surface area contributed by atoms with Gasteiger partial charge in [-0.1, -0.05) is 18.6 Å². The van der Waals surface area contributed by atoms with Gasteiger partial charge in [0.15, 0.2) is 5.76 Å². The maximum atomic E-state index is 13.7. The third-order valence-corrected chi connectivity index (χ3v) is 4.28. The number of amides is 1. The lowest BCUT2D eigenvalue weighted by molar-refractivity contribution is 0.0854. The van der Waals surface area contributed by atoms with Gasteiger partial charge in [-0.15, -0.1) is 0 Å². The molecule has 1 amide bonds. The Bertz CT molecular complexity index is 682. The Labute approximate surface area is 134 Å². The summed E-state index contributed by atoms with van der Waals surface area (Å²) in [6.45, 7) is 0.519. The van der Waals surface area contributed by atoms with E-state index in [4.69, 9.17) is 4.42 Å². The standard InChI is InChI=1S/C18H20FNO3/c19-15-7-2-1-6-14(15)16-8-9-17(23-16)18(22)20-11-12-4-3-5-13(21)10-12/h1-2,6-9,12-13,21H,3-5,10-11H2,(H,20,22). The molecule has 0 saturated heterocycles. The van der Waals surface area contributed by atoms with Crippen LogP contribution in [-0.4, -0.2) is 23.7 Å². The summed E-state index contributed by atoms with van der Waals surface area (Å²) in [5.74, 6) is 0.0994. The number of carbonyl (C=O) groups excluding carboxylic acids is 1. The number of nitrogens with one attached hydrogen (secondary N) is 1. The van der Waals surface area contributed by atoms with Gasteiger partial charge in [-0.3, -0.25) is 4.79 Å². The second kappa shape index (κ2) is 6.96. The SMILES string of the molecule is O=C(NCC1CCCC(O)C1)c1ccc(-c2ccccc2F)o1. The molecule has 1 fully saturated rings. The summed E-state index contributed by atoms with van der Waals surface area (Å²) >= 11 is 0. The Hall–Kier alpha value is -2.14. The van der Waals surface area contributed by atoms with Gasteiger partial charge in [0.1, 0.15) is 11.6 Å². The van der Waals surface area contributed by atoms with Crippen LogP contribution in [0.3, 0.4) is 0 Å². The largest absolute Gasteiger partial charge is 0.451 e. The predicted molar refractivity (Wildman–Crippen MR) is 84.4 cm³/mol. The third-order valence-electron chi connectivity index (χ3n) is 4.28. The van der Waals surface area contributed by atoms with Crippen LogP contribution in [0, 0.1) is 11.7 Å². The lowest BCUT2D eigenvalue weighted by Crippen LogP contribution is -2.32. The van der Waals surface area contributed by atoms with E-state index in [2.05, 4.69) is 5.32 Å². The van der Waals surface area contributed by atoms with Crippen molar-refractivity contribution in [3.63, 3.8) is 0 Å². The Morgan fingerprint density at radius 1 is 1.26 bits per heavy atom. The fourth-order valence-corrected chi connectivity index (χ4v) is 3.04. The van der Waals surface area contributed by atoms with Crippen LogP contribution in [0.2, 0.25) is 0 Å². The van der Waals surface area contributed by atoms with Crippen molar-refractivity contribution in [1.82, 2.24) is 5.32 Å². The third kappa shape index (κ3) is 3.79. The lowest BCUT2D eigenvalue weighted by Gasteiger charge is -2.25. The van der Waals surface area contributed by atoms with Gasteiger partial charge in [0.25, 0.3) is 5.91 Å². The number of hydrogen-bond acceptors (Lipinski definition) is 3. The van der Waals surface area contributed by atoms with Crippen molar-refractivity contribution >= 4 is 5.91 Å². The average molecular weight is 317 g/mol. The highest BCUT2D eigenvalue weighted by atomic mass is 19.1. The van der Waals surface area contributed by atoms with Gasteiger partial charge in [-0.2, -0.15) is 0 Å². The van der Waals surface area contributed by atoms with Crippen LogP contribution in [0.25, 0.3) is 11.3 Å². The highest BCUT2D eigenvalue weighted by molar-refractivity contribution is 5.92. The zero-order chi connectivity index (χ0) is 16.2. The topological polar surface area (TPSA) is 62.5 Å². The van der Waals surface area contributed by atoms with Crippen molar-refractivity contribution in [2.75, 3.05) is 6.54 Å². The molecule has 1 aliphatic rings. The highest BCUT2D eigenvalue weighted by Gasteiger charge is 2.21. The first-order chi connectivity index (χ1) is 11.1. The molecule has 1 aromatic carbocycles. The molecule has 0 aliphatic heterocycles. The summed E-state index contributed by atoms with van der Waals surface area (Å²) < 4.78 is 19.2. The van der Waals surface area contributed by atoms with Crippen LogP contribution in [-0.2, 0) is 0 Å². The molecule has 2 N–H and O–H groups in total. The molecule has 5 heteroatoms. The van der Waals surface area contributed by atoms with Gasteiger partial charge in [0, 0.05) is 6.54 Å². The van der Waals surface area contributed by atoms with Crippen LogP contribution in [0.4, 0.5) is 4.39 Å². The van der Waals surface area contributed by atoms with E-state index in [1.807, 2.05) is 0 Å². The summed E-state index contributed by atoms with van der Waals surface area (Å²) in [5.41, 5.74) is 0.335. The monoisotopic (exact) mass is 317 g/mol. The molecule has 1 heterocycles. The van der Waals surface area contributed by atoms with Crippen molar-refractivity contribution in [1.29, 1.82) is 0 Å². The molecule has 0 spiro atoms. The van der Waals surface area contributed by atoms with E-state index in [1.165, 1.54) is 6.07 Å². The Morgan fingerprint density at radius 2 is 2.09 bits per heavy atom. The van der Waals surface area contributed by atoms with Crippen LogP contribution in [0.1, 0.15) is 36.2 Å². The van der Waals surface area contributed by atoms with E-state index in [0.29, 0.717) is 23.8 Å². The first-order valence-electron chi connectivity index (χ1n) is 7.94. The molecule has 4 nitrogen and oxygen atoms in total. The van der Waals surface area contributed by atoms with E-state index >= 15 is 0 Å². The lowest BCUT2D eigenvalue weighted by atomic mass is 9.87. The first-order valence-corrected chi connectivity index (χ1v) is 7.94. The number of aliphatic hydroxyl groups is 1. The van der Waals surface area contributed by atoms with E-state index in [1.54, 1.807) is 30.3 Å². The smallest absolute Gasteiger partial charge is 0.287 e. The molecule has 2 atom stereocenters. The molecule has 2 unspecified atom stereocenters. The molecule has 2 aromatic rings. The second-order valence-corrected chi connectivity index (χ2v) is 6.04. The summed E-state index contributed by atoms with van der Waals surface area (Å²) in [6.07, 6.45) is 3.30. The van der Waals surface area contributed by atoms with E-state index in [-0.39, 0.29) is 23.6 Å². The molecule has 0 bridgehead atoms. The number of hydrogen-bond donors (Lipinski definition) is 2. The van der Waals surface area contributed by atoms with Crippen LogP contribution in [0.5, 0.6) is 0 Å². The van der Waals surface area contributed by atoms with Crippen molar-refractivity contribution in [2.45, 2.75) is 31.8 Å². The van der Waals surface area contributed by atoms with Crippen molar-refractivity contribution in [3.05, 3.63) is 48.0 Å². The van der Waals surface area contributed by atoms with E-state index in [9.17, 15) is 14.3 Å². The number of benzene rings is 1. The van der Waals surface area contributed by atoms with Gasteiger partial charge in [-0.05, 0) is 49.4 Å². The molecular weight excluding hydrogens is 297 g/mol. The van der Waals surface area contributed by atoms with Gasteiger partial charge in [0.2, 0.25) is 0 Å². The number of rotatable bonds is 4. The quantitative estimate of drug-likeness (QED) is 0.909. The zero-order valence-electron chi connectivity index (χ0n) is 12.8. The minimum atomic E-state index is -0.384. The van der Waals surface area contributed by atoms with Crippen molar-refractivity contribution in [2.24, 2.45) is 5.92 Å². The molecule has 3 rings (SSSR count). The Balaban J connectivity index is 1.61. The molecule has 23 heavy (non-hydrogen) atoms. The number of furan rings is 1.